The quantitative estimate of drug-likeness (QED) is 0.604. The summed E-state index contributed by atoms with van der Waals surface area (Å²) in [4.78, 5) is 30.6. The number of pyridine rings is 1. The van der Waals surface area contributed by atoms with Crippen LogP contribution >= 0.6 is 0 Å². The van der Waals surface area contributed by atoms with Gasteiger partial charge in [0.2, 0.25) is 15.9 Å². The highest BCUT2D eigenvalue weighted by Crippen LogP contribution is 2.28. The van der Waals surface area contributed by atoms with Gasteiger partial charge in [0.1, 0.15) is 17.7 Å². The van der Waals surface area contributed by atoms with Gasteiger partial charge in [-0.3, -0.25) is 9.52 Å². The minimum absolute atomic E-state index is 0.0394. The van der Waals surface area contributed by atoms with Gasteiger partial charge < -0.3 is 9.64 Å². The SMILES string of the molecule is Cc1nc(N2CC(C(=O)NS(=O)(=O)Cc3ccccc3F)C2)c(C#N)cc1C(=O)OC(C)C. The Labute approximate surface area is 191 Å². The highest BCUT2D eigenvalue weighted by atomic mass is 32.2. The Balaban J connectivity index is 1.66. The minimum Gasteiger partial charge on any atom is -0.459 e. The number of benzene rings is 1. The van der Waals surface area contributed by atoms with Crippen molar-refractivity contribution in [1.29, 1.82) is 5.26 Å². The van der Waals surface area contributed by atoms with Crippen LogP contribution in [0.15, 0.2) is 30.3 Å². The lowest BCUT2D eigenvalue weighted by Crippen LogP contribution is -2.55. The van der Waals surface area contributed by atoms with E-state index < -0.39 is 39.4 Å². The minimum atomic E-state index is -4.08. The lowest BCUT2D eigenvalue weighted by Gasteiger charge is -2.39. The third-order valence-electron chi connectivity index (χ3n) is 4.99. The molecule has 0 saturated carbocycles. The van der Waals surface area contributed by atoms with E-state index in [-0.39, 0.29) is 35.9 Å². The number of sulfonamides is 1. The zero-order valence-electron chi connectivity index (χ0n) is 18.3. The van der Waals surface area contributed by atoms with Crippen LogP contribution in [0, 0.1) is 30.0 Å². The van der Waals surface area contributed by atoms with E-state index in [1.54, 1.807) is 25.7 Å². The molecule has 3 rings (SSSR count). The smallest absolute Gasteiger partial charge is 0.340 e. The molecular formula is C22H23FN4O5S. The van der Waals surface area contributed by atoms with Gasteiger partial charge in [0, 0.05) is 18.7 Å². The third kappa shape index (κ3) is 5.64. The Morgan fingerprint density at radius 2 is 2.00 bits per heavy atom. The Bertz CT molecular complexity index is 1230. The maximum atomic E-state index is 13.7. The molecule has 0 atom stereocenters. The van der Waals surface area contributed by atoms with Crippen LogP contribution in [0.5, 0.6) is 0 Å². The molecule has 2 heterocycles. The highest BCUT2D eigenvalue weighted by Gasteiger charge is 2.37. The number of ether oxygens (including phenoxy) is 1. The van der Waals surface area contributed by atoms with Gasteiger partial charge in [-0.1, -0.05) is 18.2 Å². The van der Waals surface area contributed by atoms with Gasteiger partial charge in [-0.25, -0.2) is 22.6 Å². The van der Waals surface area contributed by atoms with E-state index in [4.69, 9.17) is 4.74 Å². The molecular weight excluding hydrogens is 451 g/mol. The number of aryl methyl sites for hydroxylation is 1. The van der Waals surface area contributed by atoms with E-state index in [2.05, 4.69) is 4.98 Å². The topological polar surface area (TPSA) is 129 Å². The lowest BCUT2D eigenvalue weighted by molar-refractivity contribution is -0.123. The Morgan fingerprint density at radius 3 is 2.61 bits per heavy atom. The number of carbonyl (C=O) groups excluding carboxylic acids is 2. The van der Waals surface area contributed by atoms with E-state index in [1.807, 2.05) is 10.8 Å². The van der Waals surface area contributed by atoms with Gasteiger partial charge >= 0.3 is 5.97 Å². The molecule has 0 spiro atoms. The number of anilines is 1. The maximum absolute atomic E-state index is 13.7. The van der Waals surface area contributed by atoms with Crippen molar-refractivity contribution in [3.63, 3.8) is 0 Å². The van der Waals surface area contributed by atoms with E-state index in [0.717, 1.165) is 6.07 Å². The van der Waals surface area contributed by atoms with Crippen molar-refractivity contribution in [2.24, 2.45) is 5.92 Å². The van der Waals surface area contributed by atoms with E-state index >= 15 is 0 Å². The van der Waals surface area contributed by atoms with Gasteiger partial charge in [0.05, 0.1) is 34.6 Å². The number of aromatic nitrogens is 1. The molecule has 0 bridgehead atoms. The fraction of sp³-hybridized carbons (Fsp3) is 0.364. The van der Waals surface area contributed by atoms with Gasteiger partial charge in [-0.2, -0.15) is 5.26 Å². The molecule has 1 aliphatic rings. The van der Waals surface area contributed by atoms with Crippen LogP contribution < -0.4 is 9.62 Å². The number of hydrogen-bond donors (Lipinski definition) is 1. The largest absolute Gasteiger partial charge is 0.459 e. The molecule has 1 amide bonds. The van der Waals surface area contributed by atoms with Crippen LogP contribution in [0.1, 0.15) is 41.0 Å². The first kappa shape index (κ1) is 24.1. The first-order chi connectivity index (χ1) is 15.5. The number of rotatable bonds is 7. The molecule has 1 aromatic heterocycles. The molecule has 174 valence electrons. The second-order valence-corrected chi connectivity index (χ2v) is 9.70. The molecule has 0 unspecified atom stereocenters. The summed E-state index contributed by atoms with van der Waals surface area (Å²) in [5.74, 6) is -2.98. The number of hydrogen-bond acceptors (Lipinski definition) is 8. The molecule has 1 aromatic carbocycles. The summed E-state index contributed by atoms with van der Waals surface area (Å²) in [6, 6.07) is 8.82. The van der Waals surface area contributed by atoms with Crippen molar-refractivity contribution >= 4 is 27.7 Å². The summed E-state index contributed by atoms with van der Waals surface area (Å²) in [6.45, 7) is 5.31. The summed E-state index contributed by atoms with van der Waals surface area (Å²) in [5.41, 5.74) is 0.651. The number of nitrogens with one attached hydrogen (secondary N) is 1. The molecule has 2 aromatic rings. The predicted octanol–water partition coefficient (Wildman–Crippen LogP) is 2.05. The van der Waals surface area contributed by atoms with Crippen LogP contribution in [-0.2, 0) is 25.3 Å². The average molecular weight is 475 g/mol. The fourth-order valence-electron chi connectivity index (χ4n) is 3.31. The number of amides is 1. The predicted molar refractivity (Wildman–Crippen MR) is 117 cm³/mol. The maximum Gasteiger partial charge on any atom is 0.340 e. The van der Waals surface area contributed by atoms with Crippen molar-refractivity contribution in [1.82, 2.24) is 9.71 Å². The molecule has 1 N–H and O–H groups in total. The molecule has 11 heteroatoms. The Hall–Kier alpha value is -3.52. The van der Waals surface area contributed by atoms with Crippen molar-refractivity contribution in [2.45, 2.75) is 32.6 Å². The first-order valence-electron chi connectivity index (χ1n) is 10.2. The standard InChI is InChI=1S/C22H23FN4O5S/c1-13(2)32-22(29)18-8-16(9-24)20(25-14(18)3)27-10-17(11-27)21(28)26-33(30,31)12-15-6-4-5-7-19(15)23/h4-8,13,17H,10-12H2,1-3H3,(H,26,28). The Kier molecular flexibility index (Phi) is 6.98. The second-order valence-electron chi connectivity index (χ2n) is 7.98. The van der Waals surface area contributed by atoms with Crippen LogP contribution in [0.4, 0.5) is 10.2 Å². The van der Waals surface area contributed by atoms with Crippen LogP contribution in [0.2, 0.25) is 0 Å². The number of nitriles is 1. The van der Waals surface area contributed by atoms with Crippen LogP contribution in [-0.4, -0.2) is 44.5 Å². The Morgan fingerprint density at radius 1 is 1.33 bits per heavy atom. The highest BCUT2D eigenvalue weighted by molar-refractivity contribution is 7.89. The fourth-order valence-corrected chi connectivity index (χ4v) is 4.50. The molecule has 1 saturated heterocycles. The van der Waals surface area contributed by atoms with Crippen LogP contribution in [0.25, 0.3) is 0 Å². The first-order valence-corrected chi connectivity index (χ1v) is 11.8. The molecule has 33 heavy (non-hydrogen) atoms. The zero-order chi connectivity index (χ0) is 24.3. The van der Waals surface area contributed by atoms with Gasteiger partial charge in [-0.15, -0.1) is 0 Å². The number of esters is 1. The van der Waals surface area contributed by atoms with E-state index in [9.17, 15) is 27.7 Å². The summed E-state index contributed by atoms with van der Waals surface area (Å²) < 4.78 is 45.4. The second kappa shape index (κ2) is 9.54. The van der Waals surface area contributed by atoms with Gasteiger partial charge in [0.25, 0.3) is 0 Å². The molecule has 0 radical (unpaired) electrons. The number of halogens is 1. The molecule has 9 nitrogen and oxygen atoms in total. The van der Waals surface area contributed by atoms with Crippen molar-refractivity contribution < 1.29 is 27.1 Å². The summed E-state index contributed by atoms with van der Waals surface area (Å²) in [5, 5.41) is 9.50. The number of nitrogens with zero attached hydrogens (tertiary/aromatic N) is 3. The van der Waals surface area contributed by atoms with Gasteiger partial charge in [0.15, 0.2) is 0 Å². The average Bonchev–Trinajstić information content (AvgIpc) is 2.67. The molecule has 1 fully saturated rings. The van der Waals surface area contributed by atoms with Crippen molar-refractivity contribution in [3.8, 4) is 6.07 Å². The van der Waals surface area contributed by atoms with E-state index in [1.165, 1.54) is 24.3 Å². The van der Waals surface area contributed by atoms with E-state index in [0.29, 0.717) is 11.5 Å². The number of carbonyl (C=O) groups is 2. The summed E-state index contributed by atoms with van der Waals surface area (Å²) in [7, 11) is -4.08. The normalized spacial score (nSPS) is 13.9. The zero-order valence-corrected chi connectivity index (χ0v) is 19.1. The lowest BCUT2D eigenvalue weighted by atomic mass is 9.98. The van der Waals surface area contributed by atoms with Crippen molar-refractivity contribution in [3.05, 3.63) is 58.5 Å². The molecule has 0 aliphatic carbocycles. The van der Waals surface area contributed by atoms with Crippen molar-refractivity contribution in [2.75, 3.05) is 18.0 Å². The molecule has 1 aliphatic heterocycles. The summed E-state index contributed by atoms with van der Waals surface area (Å²) >= 11 is 0. The third-order valence-corrected chi connectivity index (χ3v) is 6.19. The summed E-state index contributed by atoms with van der Waals surface area (Å²) in [6.07, 6.45) is -0.327. The van der Waals surface area contributed by atoms with Gasteiger partial charge in [-0.05, 0) is 32.9 Å². The van der Waals surface area contributed by atoms with Crippen LogP contribution in [0.3, 0.4) is 0 Å². The monoisotopic (exact) mass is 474 g/mol.